The van der Waals surface area contributed by atoms with Crippen LogP contribution in [0.2, 0.25) is 0 Å². The second-order valence-corrected chi connectivity index (χ2v) is 6.70. The number of nitrogens with one attached hydrogen (secondary N) is 2. The van der Waals surface area contributed by atoms with E-state index in [9.17, 15) is 4.79 Å². The minimum atomic E-state index is -0.892. The smallest absolute Gasteiger partial charge is 0.305 e. The van der Waals surface area contributed by atoms with Crippen molar-refractivity contribution in [3.8, 4) is 17.3 Å². The molecule has 27 heavy (non-hydrogen) atoms. The van der Waals surface area contributed by atoms with Gasteiger partial charge in [-0.15, -0.1) is 4.99 Å². The van der Waals surface area contributed by atoms with Gasteiger partial charge in [0.25, 0.3) is 0 Å². The molecule has 0 aliphatic heterocycles. The number of nitrogens with zero attached hydrogens (tertiary/aromatic N) is 2. The van der Waals surface area contributed by atoms with E-state index in [0.717, 1.165) is 16.8 Å². The number of hydrogen-bond acceptors (Lipinski definition) is 3. The van der Waals surface area contributed by atoms with Gasteiger partial charge >= 0.3 is 5.97 Å². The number of hydrogen-bond donors (Lipinski definition) is 3. The highest BCUT2D eigenvalue weighted by Crippen LogP contribution is 2.21. The van der Waals surface area contributed by atoms with Gasteiger partial charge in [-0.3, -0.25) is 4.79 Å². The average molecular weight is 364 g/mol. The SMILES string of the molecule is CC(C)C[C@@H](CC(=O)O)N/C(=N\C#N)Nc1ccc(-c2ccccc2)cc1. The van der Waals surface area contributed by atoms with Crippen LogP contribution in [0.1, 0.15) is 26.7 Å². The lowest BCUT2D eigenvalue weighted by Crippen LogP contribution is -2.41. The molecule has 2 rings (SSSR count). The molecule has 6 nitrogen and oxygen atoms in total. The maximum absolute atomic E-state index is 11.1. The van der Waals surface area contributed by atoms with Gasteiger partial charge in [-0.05, 0) is 35.6 Å². The molecule has 6 heteroatoms. The summed E-state index contributed by atoms with van der Waals surface area (Å²) in [5.74, 6) is -0.330. The number of nitriles is 1. The number of benzene rings is 2. The summed E-state index contributed by atoms with van der Waals surface area (Å²) < 4.78 is 0. The van der Waals surface area contributed by atoms with Gasteiger partial charge in [-0.1, -0.05) is 56.3 Å². The summed E-state index contributed by atoms with van der Waals surface area (Å²) in [7, 11) is 0. The number of guanidine groups is 1. The van der Waals surface area contributed by atoms with Gasteiger partial charge in [0, 0.05) is 11.7 Å². The number of carboxylic acids is 1. The van der Waals surface area contributed by atoms with E-state index in [2.05, 4.69) is 15.6 Å². The van der Waals surface area contributed by atoms with Crippen molar-refractivity contribution in [3.05, 3.63) is 54.6 Å². The third-order valence-corrected chi connectivity index (χ3v) is 3.93. The van der Waals surface area contributed by atoms with Crippen LogP contribution in [-0.4, -0.2) is 23.1 Å². The van der Waals surface area contributed by atoms with Crippen LogP contribution in [0.5, 0.6) is 0 Å². The predicted octanol–water partition coefficient (Wildman–Crippen LogP) is 4.08. The molecule has 0 bridgehead atoms. The highest BCUT2D eigenvalue weighted by Gasteiger charge is 2.17. The first-order valence-electron chi connectivity index (χ1n) is 8.85. The van der Waals surface area contributed by atoms with Crippen LogP contribution < -0.4 is 10.6 Å². The Labute approximate surface area is 159 Å². The maximum atomic E-state index is 11.1. The van der Waals surface area contributed by atoms with Crippen molar-refractivity contribution in [1.29, 1.82) is 5.26 Å². The highest BCUT2D eigenvalue weighted by molar-refractivity contribution is 5.94. The molecular weight excluding hydrogens is 340 g/mol. The van der Waals surface area contributed by atoms with Gasteiger partial charge in [-0.2, -0.15) is 5.26 Å². The summed E-state index contributed by atoms with van der Waals surface area (Å²) in [5.41, 5.74) is 2.96. The molecular formula is C21H24N4O2. The van der Waals surface area contributed by atoms with Crippen molar-refractivity contribution in [2.75, 3.05) is 5.32 Å². The fourth-order valence-electron chi connectivity index (χ4n) is 2.83. The van der Waals surface area contributed by atoms with Crippen molar-refractivity contribution in [2.45, 2.75) is 32.7 Å². The molecule has 1 atom stereocenters. The Morgan fingerprint density at radius 1 is 1.11 bits per heavy atom. The van der Waals surface area contributed by atoms with Crippen LogP contribution in [0, 0.1) is 17.4 Å². The molecule has 2 aromatic rings. The zero-order valence-electron chi connectivity index (χ0n) is 15.5. The summed E-state index contributed by atoms with van der Waals surface area (Å²) in [5, 5.41) is 24.2. The van der Waals surface area contributed by atoms with E-state index in [1.54, 1.807) is 6.19 Å². The number of rotatable bonds is 7. The lowest BCUT2D eigenvalue weighted by atomic mass is 10.0. The van der Waals surface area contributed by atoms with Gasteiger partial charge in [0.1, 0.15) is 0 Å². The van der Waals surface area contributed by atoms with Gasteiger partial charge in [0.15, 0.2) is 0 Å². The average Bonchev–Trinajstić information content (AvgIpc) is 2.62. The van der Waals surface area contributed by atoms with Crippen LogP contribution in [0.25, 0.3) is 11.1 Å². The third-order valence-electron chi connectivity index (χ3n) is 3.93. The van der Waals surface area contributed by atoms with E-state index in [4.69, 9.17) is 10.4 Å². The molecule has 0 saturated heterocycles. The molecule has 0 spiro atoms. The standard InChI is InChI=1S/C21H24N4O2/c1-15(2)12-19(13-20(26)27)25-21(23-14-22)24-18-10-8-17(9-11-18)16-6-4-3-5-7-16/h3-11,15,19H,12-13H2,1-2H3,(H,26,27)(H2,23,24,25)/t19-/m0/s1. The van der Waals surface area contributed by atoms with Gasteiger partial charge in [0.2, 0.25) is 12.2 Å². The van der Waals surface area contributed by atoms with Crippen LogP contribution in [0.3, 0.4) is 0 Å². The Balaban J connectivity index is 2.10. The van der Waals surface area contributed by atoms with E-state index in [1.807, 2.05) is 68.4 Å². The lowest BCUT2D eigenvalue weighted by Gasteiger charge is -2.21. The van der Waals surface area contributed by atoms with E-state index in [1.165, 1.54) is 0 Å². The van der Waals surface area contributed by atoms with E-state index in [-0.39, 0.29) is 18.4 Å². The van der Waals surface area contributed by atoms with Crippen molar-refractivity contribution in [1.82, 2.24) is 5.32 Å². The molecule has 0 heterocycles. The molecule has 140 valence electrons. The molecule has 0 unspecified atom stereocenters. The first-order valence-corrected chi connectivity index (χ1v) is 8.85. The normalized spacial score (nSPS) is 12.3. The minimum absolute atomic E-state index is 0.0444. The Hall–Kier alpha value is -3.33. The van der Waals surface area contributed by atoms with Crippen LogP contribution in [0.4, 0.5) is 5.69 Å². The Morgan fingerprint density at radius 2 is 1.74 bits per heavy atom. The topological polar surface area (TPSA) is 97.5 Å². The monoisotopic (exact) mass is 364 g/mol. The summed E-state index contributed by atoms with van der Waals surface area (Å²) in [6.45, 7) is 4.04. The van der Waals surface area contributed by atoms with Crippen LogP contribution in [0.15, 0.2) is 59.6 Å². The summed E-state index contributed by atoms with van der Waals surface area (Å²) in [4.78, 5) is 14.9. The molecule has 0 aliphatic carbocycles. The highest BCUT2D eigenvalue weighted by atomic mass is 16.4. The lowest BCUT2D eigenvalue weighted by molar-refractivity contribution is -0.137. The van der Waals surface area contributed by atoms with Crippen LogP contribution in [-0.2, 0) is 4.79 Å². The van der Waals surface area contributed by atoms with E-state index < -0.39 is 5.97 Å². The number of carboxylic acid groups (broad SMARTS) is 1. The molecule has 0 radical (unpaired) electrons. The number of anilines is 1. The van der Waals surface area contributed by atoms with Crippen LogP contribution >= 0.6 is 0 Å². The van der Waals surface area contributed by atoms with E-state index in [0.29, 0.717) is 12.3 Å². The fourth-order valence-corrected chi connectivity index (χ4v) is 2.83. The first kappa shape index (κ1) is 20.0. The quantitative estimate of drug-likeness (QED) is 0.391. The zero-order valence-corrected chi connectivity index (χ0v) is 15.5. The summed E-state index contributed by atoms with van der Waals surface area (Å²) >= 11 is 0. The van der Waals surface area contributed by atoms with E-state index >= 15 is 0 Å². The fraction of sp³-hybridized carbons (Fsp3) is 0.286. The van der Waals surface area contributed by atoms with Crippen molar-refractivity contribution >= 4 is 17.6 Å². The largest absolute Gasteiger partial charge is 0.481 e. The van der Waals surface area contributed by atoms with Crippen molar-refractivity contribution < 1.29 is 9.90 Å². The van der Waals surface area contributed by atoms with Crippen molar-refractivity contribution in [2.24, 2.45) is 10.9 Å². The number of carbonyl (C=O) groups is 1. The molecule has 0 saturated carbocycles. The molecule has 0 aromatic heterocycles. The summed E-state index contributed by atoms with van der Waals surface area (Å²) in [6.07, 6.45) is 2.37. The Bertz CT molecular complexity index is 808. The number of aliphatic carboxylic acids is 1. The first-order chi connectivity index (χ1) is 13.0. The molecule has 0 amide bonds. The van der Waals surface area contributed by atoms with Crippen molar-refractivity contribution in [3.63, 3.8) is 0 Å². The molecule has 0 aliphatic rings. The summed E-state index contributed by atoms with van der Waals surface area (Å²) in [6, 6.07) is 17.4. The predicted molar refractivity (Wildman–Crippen MR) is 107 cm³/mol. The Kier molecular flexibility index (Phi) is 7.38. The second-order valence-electron chi connectivity index (χ2n) is 6.70. The number of aliphatic imine (C=N–C) groups is 1. The second kappa shape index (κ2) is 9.97. The molecule has 2 aromatic carbocycles. The van der Waals surface area contributed by atoms with Gasteiger partial charge in [-0.25, -0.2) is 0 Å². The van der Waals surface area contributed by atoms with Gasteiger partial charge in [0.05, 0.1) is 6.42 Å². The minimum Gasteiger partial charge on any atom is -0.481 e. The van der Waals surface area contributed by atoms with Gasteiger partial charge < -0.3 is 15.7 Å². The zero-order chi connectivity index (χ0) is 19.6. The molecule has 0 fully saturated rings. The molecule has 3 N–H and O–H groups in total. The third kappa shape index (κ3) is 6.83. The Morgan fingerprint density at radius 3 is 2.30 bits per heavy atom. The maximum Gasteiger partial charge on any atom is 0.305 e.